The van der Waals surface area contributed by atoms with Crippen LogP contribution in [0, 0.1) is 0 Å². The summed E-state index contributed by atoms with van der Waals surface area (Å²) in [6.45, 7) is 5.16. The number of carbonyl (C=O) groups is 1. The van der Waals surface area contributed by atoms with Gasteiger partial charge in [-0.05, 0) is 25.8 Å². The second-order valence-electron chi connectivity index (χ2n) is 6.31. The largest absolute Gasteiger partial charge is 0.445 e. The molecule has 0 aliphatic carbocycles. The van der Waals surface area contributed by atoms with Crippen molar-refractivity contribution in [2.75, 3.05) is 13.2 Å². The second kappa shape index (κ2) is 6.72. The lowest BCUT2D eigenvalue weighted by Gasteiger charge is -2.34. The van der Waals surface area contributed by atoms with Gasteiger partial charge in [0.05, 0.1) is 12.6 Å². The molecule has 0 N–H and O–H groups in total. The fraction of sp³-hybridized carbons (Fsp3) is 0.500. The molecule has 0 radical (unpaired) electrons. The molecular formula is C18H23NO4. The van der Waals surface area contributed by atoms with E-state index >= 15 is 0 Å². The first kappa shape index (κ1) is 16.0. The molecule has 5 heteroatoms. The van der Waals surface area contributed by atoms with E-state index in [2.05, 4.69) is 6.08 Å². The van der Waals surface area contributed by atoms with Crippen molar-refractivity contribution >= 4 is 6.09 Å². The van der Waals surface area contributed by atoms with E-state index in [9.17, 15) is 4.79 Å². The molecule has 2 aliphatic heterocycles. The molecule has 2 aliphatic rings. The van der Waals surface area contributed by atoms with Gasteiger partial charge in [-0.3, -0.25) is 4.90 Å². The Hall–Kier alpha value is -1.85. The quantitative estimate of drug-likeness (QED) is 0.804. The number of ether oxygens (including phenoxy) is 3. The third-order valence-corrected chi connectivity index (χ3v) is 4.08. The summed E-state index contributed by atoms with van der Waals surface area (Å²) in [4.78, 5) is 14.2. The summed E-state index contributed by atoms with van der Waals surface area (Å²) in [7, 11) is 0. The summed E-state index contributed by atoms with van der Waals surface area (Å²) in [6, 6.07) is 9.54. The van der Waals surface area contributed by atoms with Crippen LogP contribution in [0.1, 0.15) is 25.8 Å². The Morgan fingerprint density at radius 3 is 2.83 bits per heavy atom. The Balaban J connectivity index is 1.62. The van der Waals surface area contributed by atoms with E-state index in [1.807, 2.05) is 50.3 Å². The van der Waals surface area contributed by atoms with Gasteiger partial charge < -0.3 is 14.2 Å². The minimum absolute atomic E-state index is 0.145. The highest BCUT2D eigenvalue weighted by molar-refractivity contribution is 5.68. The molecule has 0 unspecified atom stereocenters. The molecule has 1 aromatic carbocycles. The van der Waals surface area contributed by atoms with Crippen LogP contribution in [0.2, 0.25) is 0 Å². The Bertz CT molecular complexity index is 570. The van der Waals surface area contributed by atoms with Gasteiger partial charge in [-0.2, -0.15) is 0 Å². The highest BCUT2D eigenvalue weighted by Crippen LogP contribution is 2.28. The van der Waals surface area contributed by atoms with Crippen LogP contribution in [0.3, 0.4) is 0 Å². The fourth-order valence-corrected chi connectivity index (χ4v) is 2.93. The lowest BCUT2D eigenvalue weighted by atomic mass is 10.1. The lowest BCUT2D eigenvalue weighted by molar-refractivity contribution is -0.143. The van der Waals surface area contributed by atoms with Gasteiger partial charge in [-0.15, -0.1) is 0 Å². The molecule has 0 spiro atoms. The summed E-state index contributed by atoms with van der Waals surface area (Å²) in [5, 5.41) is 0. The van der Waals surface area contributed by atoms with Gasteiger partial charge in [0, 0.05) is 6.54 Å². The van der Waals surface area contributed by atoms with Crippen molar-refractivity contribution in [1.29, 1.82) is 0 Å². The van der Waals surface area contributed by atoms with Crippen LogP contribution in [0.15, 0.2) is 42.5 Å². The van der Waals surface area contributed by atoms with Gasteiger partial charge in [0.25, 0.3) is 0 Å². The predicted molar refractivity (Wildman–Crippen MR) is 85.8 cm³/mol. The number of nitrogens with zero attached hydrogens (tertiary/aromatic N) is 1. The molecule has 1 amide bonds. The van der Waals surface area contributed by atoms with Gasteiger partial charge >= 0.3 is 6.09 Å². The number of hydrogen-bond donors (Lipinski definition) is 0. The third-order valence-electron chi connectivity index (χ3n) is 4.08. The van der Waals surface area contributed by atoms with Gasteiger partial charge in [0.2, 0.25) is 0 Å². The molecule has 0 aromatic heterocycles. The Labute approximate surface area is 136 Å². The van der Waals surface area contributed by atoms with E-state index in [1.54, 1.807) is 4.90 Å². The molecule has 1 saturated heterocycles. The standard InChI is InChI=1S/C18H23NO4/c1-18(2)22-13-16(23-18)15-10-6-7-11-19(15)17(20)21-12-14-8-4-3-5-9-14/h3-6,8-10,15-16H,7,11-13H2,1-2H3/t15-,16+/m0/s1. The average molecular weight is 317 g/mol. The van der Waals surface area contributed by atoms with E-state index in [4.69, 9.17) is 14.2 Å². The number of amides is 1. The fourth-order valence-electron chi connectivity index (χ4n) is 2.93. The first-order valence-corrected chi connectivity index (χ1v) is 8.01. The number of rotatable bonds is 3. The first-order valence-electron chi connectivity index (χ1n) is 8.01. The lowest BCUT2D eigenvalue weighted by Crippen LogP contribution is -2.49. The van der Waals surface area contributed by atoms with E-state index in [0.717, 1.165) is 12.0 Å². The molecule has 3 rings (SSSR count). The third kappa shape index (κ3) is 3.92. The highest BCUT2D eigenvalue weighted by Gasteiger charge is 2.41. The van der Waals surface area contributed by atoms with Crippen LogP contribution in [-0.2, 0) is 20.8 Å². The maximum Gasteiger partial charge on any atom is 0.410 e. The topological polar surface area (TPSA) is 48.0 Å². The van der Waals surface area contributed by atoms with Crippen molar-refractivity contribution in [3.63, 3.8) is 0 Å². The average Bonchev–Trinajstić information content (AvgIpc) is 2.93. The Kier molecular flexibility index (Phi) is 4.68. The molecule has 2 heterocycles. The van der Waals surface area contributed by atoms with Crippen LogP contribution < -0.4 is 0 Å². The van der Waals surface area contributed by atoms with Crippen molar-refractivity contribution in [3.8, 4) is 0 Å². The normalized spacial score (nSPS) is 26.3. The maximum atomic E-state index is 12.5. The smallest absolute Gasteiger partial charge is 0.410 e. The zero-order chi connectivity index (χ0) is 16.3. The summed E-state index contributed by atoms with van der Waals surface area (Å²) >= 11 is 0. The summed E-state index contributed by atoms with van der Waals surface area (Å²) < 4.78 is 17.0. The van der Waals surface area contributed by atoms with E-state index in [0.29, 0.717) is 13.2 Å². The first-order chi connectivity index (χ1) is 11.1. The van der Waals surface area contributed by atoms with Crippen LogP contribution in [0.5, 0.6) is 0 Å². The summed E-state index contributed by atoms with van der Waals surface area (Å²) in [5.41, 5.74) is 0.978. The zero-order valence-corrected chi connectivity index (χ0v) is 13.6. The van der Waals surface area contributed by atoms with Gasteiger partial charge in [0.15, 0.2) is 5.79 Å². The molecule has 5 nitrogen and oxygen atoms in total. The number of hydrogen-bond acceptors (Lipinski definition) is 4. The SMILES string of the molecule is CC1(C)OC[C@H]([C@@H]2C=CCCN2C(=O)OCc2ccccc2)O1. The summed E-state index contributed by atoms with van der Waals surface area (Å²) in [6.07, 6.45) is 4.46. The van der Waals surface area contributed by atoms with Crippen molar-refractivity contribution in [1.82, 2.24) is 4.90 Å². The molecule has 1 aromatic rings. The van der Waals surface area contributed by atoms with Crippen molar-refractivity contribution in [2.24, 2.45) is 0 Å². The molecule has 124 valence electrons. The minimum Gasteiger partial charge on any atom is -0.445 e. The highest BCUT2D eigenvalue weighted by atomic mass is 16.7. The van der Waals surface area contributed by atoms with Crippen molar-refractivity contribution in [3.05, 3.63) is 48.0 Å². The molecule has 2 atom stereocenters. The Morgan fingerprint density at radius 2 is 2.13 bits per heavy atom. The second-order valence-corrected chi connectivity index (χ2v) is 6.31. The van der Waals surface area contributed by atoms with Crippen LogP contribution >= 0.6 is 0 Å². The zero-order valence-electron chi connectivity index (χ0n) is 13.6. The van der Waals surface area contributed by atoms with Crippen molar-refractivity contribution in [2.45, 2.75) is 44.8 Å². The molecule has 23 heavy (non-hydrogen) atoms. The summed E-state index contributed by atoms with van der Waals surface area (Å²) in [5.74, 6) is -0.602. The molecule has 1 fully saturated rings. The monoisotopic (exact) mass is 317 g/mol. The van der Waals surface area contributed by atoms with Gasteiger partial charge in [0.1, 0.15) is 12.7 Å². The number of benzene rings is 1. The maximum absolute atomic E-state index is 12.5. The van der Waals surface area contributed by atoms with E-state index in [-0.39, 0.29) is 24.8 Å². The number of carbonyl (C=O) groups excluding carboxylic acids is 1. The Morgan fingerprint density at radius 1 is 1.35 bits per heavy atom. The molecule has 0 bridgehead atoms. The van der Waals surface area contributed by atoms with Gasteiger partial charge in [-0.25, -0.2) is 4.79 Å². The predicted octanol–water partition coefficient (Wildman–Crippen LogP) is 3.11. The van der Waals surface area contributed by atoms with Crippen LogP contribution in [0.25, 0.3) is 0 Å². The minimum atomic E-state index is -0.602. The van der Waals surface area contributed by atoms with Crippen LogP contribution in [-0.4, -0.2) is 42.1 Å². The van der Waals surface area contributed by atoms with E-state index in [1.165, 1.54) is 0 Å². The van der Waals surface area contributed by atoms with E-state index < -0.39 is 5.79 Å². The van der Waals surface area contributed by atoms with Crippen LogP contribution in [0.4, 0.5) is 4.79 Å². The molecule has 0 saturated carbocycles. The van der Waals surface area contributed by atoms with Crippen molar-refractivity contribution < 1.29 is 19.0 Å². The molecular weight excluding hydrogens is 294 g/mol. The van der Waals surface area contributed by atoms with Gasteiger partial charge in [-0.1, -0.05) is 42.5 Å².